The average molecular weight is 576 g/mol. The number of amides is 2. The van der Waals surface area contributed by atoms with Crippen molar-refractivity contribution in [2.45, 2.75) is 51.4 Å². The minimum absolute atomic E-state index is 0.0141. The van der Waals surface area contributed by atoms with Crippen molar-refractivity contribution in [3.8, 4) is 0 Å². The van der Waals surface area contributed by atoms with Gasteiger partial charge in [-0.1, -0.05) is 53.6 Å². The number of nitrogens with zero attached hydrogens (tertiary/aromatic N) is 2. The van der Waals surface area contributed by atoms with E-state index in [0.29, 0.717) is 22.5 Å². The molecule has 0 radical (unpaired) electrons. The molecule has 3 aromatic rings. The van der Waals surface area contributed by atoms with Crippen LogP contribution in [0.2, 0.25) is 0 Å². The van der Waals surface area contributed by atoms with Gasteiger partial charge in [-0.25, -0.2) is 8.42 Å². The second kappa shape index (κ2) is 12.5. The van der Waals surface area contributed by atoms with Crippen molar-refractivity contribution in [3.05, 3.63) is 95.1 Å². The van der Waals surface area contributed by atoms with E-state index in [0.717, 1.165) is 23.3 Å². The highest BCUT2D eigenvalue weighted by atomic mass is 32.2. The first-order valence-electron chi connectivity index (χ1n) is 12.6. The van der Waals surface area contributed by atoms with Crippen LogP contribution in [0, 0.1) is 13.8 Å². The van der Waals surface area contributed by atoms with Gasteiger partial charge in [-0.15, -0.1) is 0 Å². The predicted octanol–water partition coefficient (Wildman–Crippen LogP) is 5.07. The molecule has 0 heterocycles. The molecular formula is C29H32F3N3O4S. The molecule has 0 fully saturated rings. The number of hydrogen-bond acceptors (Lipinski definition) is 4. The van der Waals surface area contributed by atoms with Crippen LogP contribution in [0.1, 0.15) is 36.1 Å². The van der Waals surface area contributed by atoms with E-state index < -0.39 is 46.2 Å². The zero-order valence-electron chi connectivity index (χ0n) is 22.7. The van der Waals surface area contributed by atoms with Crippen LogP contribution in [-0.2, 0) is 32.3 Å². The molecule has 0 saturated heterocycles. The van der Waals surface area contributed by atoms with Crippen LogP contribution in [0.25, 0.3) is 0 Å². The van der Waals surface area contributed by atoms with E-state index in [-0.39, 0.29) is 17.1 Å². The Bertz CT molecular complexity index is 1460. The Morgan fingerprint density at radius 1 is 0.925 bits per heavy atom. The second-order valence-electron chi connectivity index (χ2n) is 9.45. The molecule has 0 aliphatic rings. The van der Waals surface area contributed by atoms with Gasteiger partial charge in [-0.2, -0.15) is 13.2 Å². The number of aryl methyl sites for hydroxylation is 2. The third-order valence-electron chi connectivity index (χ3n) is 6.30. The number of likely N-dealkylation sites (N-methyl/N-ethyl adjacent to an activating group) is 1. The fraction of sp³-hybridized carbons (Fsp3) is 0.310. The molecule has 214 valence electrons. The minimum atomic E-state index is -4.73. The van der Waals surface area contributed by atoms with E-state index in [1.165, 1.54) is 30.0 Å². The third-order valence-corrected chi connectivity index (χ3v) is 8.09. The van der Waals surface area contributed by atoms with Gasteiger partial charge in [0.25, 0.3) is 10.0 Å². The Balaban J connectivity index is 2.09. The van der Waals surface area contributed by atoms with Gasteiger partial charge in [0.05, 0.1) is 16.1 Å². The monoisotopic (exact) mass is 575 g/mol. The first kappa shape index (κ1) is 30.7. The lowest BCUT2D eigenvalue weighted by atomic mass is 10.1. The molecule has 7 nitrogen and oxygen atoms in total. The lowest BCUT2D eigenvalue weighted by molar-refractivity contribution is -0.139. The number of sulfonamides is 1. The first-order valence-corrected chi connectivity index (χ1v) is 14.1. The summed E-state index contributed by atoms with van der Waals surface area (Å²) in [5, 5.41) is 2.66. The van der Waals surface area contributed by atoms with Gasteiger partial charge in [-0.05, 0) is 63.6 Å². The average Bonchev–Trinajstić information content (AvgIpc) is 2.89. The van der Waals surface area contributed by atoms with Crippen molar-refractivity contribution in [2.24, 2.45) is 0 Å². The van der Waals surface area contributed by atoms with Crippen molar-refractivity contribution in [3.63, 3.8) is 0 Å². The lowest BCUT2D eigenvalue weighted by Gasteiger charge is -2.32. The van der Waals surface area contributed by atoms with E-state index in [2.05, 4.69) is 5.32 Å². The number of carbonyl (C=O) groups is 2. The van der Waals surface area contributed by atoms with Gasteiger partial charge in [0.1, 0.15) is 12.6 Å². The lowest BCUT2D eigenvalue weighted by Crippen LogP contribution is -2.51. The number of halogens is 3. The fourth-order valence-corrected chi connectivity index (χ4v) is 5.52. The molecule has 11 heteroatoms. The Kier molecular flexibility index (Phi) is 9.62. The normalized spacial score (nSPS) is 12.5. The summed E-state index contributed by atoms with van der Waals surface area (Å²) in [5.74, 6) is -1.20. The van der Waals surface area contributed by atoms with E-state index >= 15 is 0 Å². The number of rotatable bonds is 10. The first-order chi connectivity index (χ1) is 18.7. The molecule has 2 amide bonds. The van der Waals surface area contributed by atoms with Crippen LogP contribution in [0.4, 0.5) is 18.9 Å². The number of alkyl halides is 3. The number of carbonyl (C=O) groups excluding carboxylic acids is 2. The van der Waals surface area contributed by atoms with Gasteiger partial charge >= 0.3 is 6.18 Å². The van der Waals surface area contributed by atoms with Gasteiger partial charge in [0, 0.05) is 13.1 Å². The van der Waals surface area contributed by atoms with E-state index in [9.17, 15) is 31.2 Å². The highest BCUT2D eigenvalue weighted by Gasteiger charge is 2.35. The smallest absolute Gasteiger partial charge is 0.355 e. The van der Waals surface area contributed by atoms with Gasteiger partial charge in [-0.3, -0.25) is 13.9 Å². The maximum absolute atomic E-state index is 13.8. The summed E-state index contributed by atoms with van der Waals surface area (Å²) in [6, 6.07) is 15.8. The Labute approximate surface area is 232 Å². The van der Waals surface area contributed by atoms with Gasteiger partial charge in [0.15, 0.2) is 0 Å². The summed E-state index contributed by atoms with van der Waals surface area (Å²) in [7, 11) is -4.48. The Morgan fingerprint density at radius 2 is 1.57 bits per heavy atom. The summed E-state index contributed by atoms with van der Waals surface area (Å²) in [6.45, 7) is 6.34. The predicted molar refractivity (Wildman–Crippen MR) is 147 cm³/mol. The summed E-state index contributed by atoms with van der Waals surface area (Å²) < 4.78 is 68.8. The molecule has 0 saturated carbocycles. The zero-order valence-corrected chi connectivity index (χ0v) is 23.5. The molecule has 0 bridgehead atoms. The van der Waals surface area contributed by atoms with Crippen LogP contribution < -0.4 is 9.62 Å². The zero-order chi connectivity index (χ0) is 29.7. The minimum Gasteiger partial charge on any atom is -0.355 e. The highest BCUT2D eigenvalue weighted by molar-refractivity contribution is 7.92. The number of anilines is 1. The van der Waals surface area contributed by atoms with Crippen LogP contribution in [-0.4, -0.2) is 44.3 Å². The molecular weight excluding hydrogens is 543 g/mol. The summed E-state index contributed by atoms with van der Waals surface area (Å²) in [5.41, 5.74) is 1.01. The van der Waals surface area contributed by atoms with E-state index in [4.69, 9.17) is 0 Å². The van der Waals surface area contributed by atoms with Crippen molar-refractivity contribution >= 4 is 27.5 Å². The van der Waals surface area contributed by atoms with Crippen LogP contribution in [0.5, 0.6) is 0 Å². The topological polar surface area (TPSA) is 86.8 Å². The third kappa shape index (κ3) is 7.41. The van der Waals surface area contributed by atoms with Crippen LogP contribution in [0.15, 0.2) is 77.7 Å². The SMILES string of the molecule is CCNC(=O)C(C)N(Cc1cccc(C)c1)C(=O)CN(c1cccc(C(F)(F)F)c1)S(=O)(=O)c1ccc(C)cc1. The van der Waals surface area contributed by atoms with Crippen LogP contribution in [0.3, 0.4) is 0 Å². The van der Waals surface area contributed by atoms with Crippen LogP contribution >= 0.6 is 0 Å². The van der Waals surface area contributed by atoms with E-state index in [1.807, 2.05) is 19.1 Å². The molecule has 1 N–H and O–H groups in total. The summed E-state index contributed by atoms with van der Waals surface area (Å²) in [4.78, 5) is 27.6. The molecule has 0 spiro atoms. The summed E-state index contributed by atoms with van der Waals surface area (Å²) >= 11 is 0. The standard InChI is InChI=1S/C29H32F3N3O4S/c1-5-33-28(37)22(4)34(18-23-9-6-8-21(3)16-23)27(36)19-35(25-11-7-10-24(17-25)29(30,31)32)40(38,39)26-14-12-20(2)13-15-26/h6-17,22H,5,18-19H2,1-4H3,(H,33,37). The molecule has 0 aromatic heterocycles. The Morgan fingerprint density at radius 3 is 2.17 bits per heavy atom. The molecule has 1 unspecified atom stereocenters. The van der Waals surface area contributed by atoms with Gasteiger partial charge < -0.3 is 10.2 Å². The van der Waals surface area contributed by atoms with Crippen molar-refractivity contribution in [2.75, 3.05) is 17.4 Å². The van der Waals surface area contributed by atoms with Crippen molar-refractivity contribution in [1.82, 2.24) is 10.2 Å². The number of hydrogen-bond donors (Lipinski definition) is 1. The maximum Gasteiger partial charge on any atom is 0.416 e. The Hall–Kier alpha value is -3.86. The van der Waals surface area contributed by atoms with Gasteiger partial charge in [0.2, 0.25) is 11.8 Å². The maximum atomic E-state index is 13.8. The highest BCUT2D eigenvalue weighted by Crippen LogP contribution is 2.33. The second-order valence-corrected chi connectivity index (χ2v) is 11.3. The largest absolute Gasteiger partial charge is 0.416 e. The molecule has 3 rings (SSSR count). The molecule has 3 aromatic carbocycles. The molecule has 0 aliphatic carbocycles. The number of nitrogens with one attached hydrogen (secondary N) is 1. The summed E-state index contributed by atoms with van der Waals surface area (Å²) in [6.07, 6.45) is -4.73. The number of benzene rings is 3. The fourth-order valence-electron chi connectivity index (χ4n) is 4.12. The van der Waals surface area contributed by atoms with Crippen molar-refractivity contribution < 1.29 is 31.2 Å². The van der Waals surface area contributed by atoms with Crippen molar-refractivity contribution in [1.29, 1.82) is 0 Å². The molecule has 0 aliphatic heterocycles. The molecule has 40 heavy (non-hydrogen) atoms. The quantitative estimate of drug-likeness (QED) is 0.366. The van der Waals surface area contributed by atoms with E-state index in [1.54, 1.807) is 38.1 Å². The molecule has 1 atom stereocenters.